The molecule has 1 atom stereocenters. The van der Waals surface area contributed by atoms with E-state index in [4.69, 9.17) is 5.73 Å². The van der Waals surface area contributed by atoms with Crippen LogP contribution < -0.4 is 5.73 Å². The van der Waals surface area contributed by atoms with E-state index in [2.05, 4.69) is 0 Å². The number of primary amides is 1. The van der Waals surface area contributed by atoms with Crippen LogP contribution in [0.1, 0.15) is 41.6 Å². The van der Waals surface area contributed by atoms with E-state index in [1.807, 2.05) is 0 Å². The molecule has 2 amide bonds. The molecule has 0 radical (unpaired) electrons. The zero-order valence-electron chi connectivity index (χ0n) is 13.3. The zero-order valence-corrected chi connectivity index (χ0v) is 13.3. The SMILES string of the molecule is NC(=O)C[C@H]1CCCN(C(=O)c2ccc(CCC(F)(F)F)cc2)C1. The third-order valence-corrected chi connectivity index (χ3v) is 4.19. The number of piperidine rings is 1. The summed E-state index contributed by atoms with van der Waals surface area (Å²) in [6.45, 7) is 1.10. The molecule has 0 aromatic heterocycles. The molecule has 132 valence electrons. The fourth-order valence-corrected chi connectivity index (χ4v) is 2.98. The van der Waals surface area contributed by atoms with Crippen molar-refractivity contribution < 1.29 is 22.8 Å². The second-order valence-electron chi connectivity index (χ2n) is 6.24. The van der Waals surface area contributed by atoms with Gasteiger partial charge in [0.05, 0.1) is 0 Å². The van der Waals surface area contributed by atoms with Crippen molar-refractivity contribution in [2.24, 2.45) is 11.7 Å². The number of amides is 2. The molecule has 4 nitrogen and oxygen atoms in total. The fraction of sp³-hybridized carbons (Fsp3) is 0.529. The third kappa shape index (κ3) is 5.54. The molecule has 2 rings (SSSR count). The number of hydrogen-bond acceptors (Lipinski definition) is 2. The first-order valence-electron chi connectivity index (χ1n) is 7.98. The Labute approximate surface area is 138 Å². The number of benzene rings is 1. The van der Waals surface area contributed by atoms with Gasteiger partial charge in [-0.2, -0.15) is 13.2 Å². The maximum atomic E-state index is 12.5. The van der Waals surface area contributed by atoms with E-state index in [-0.39, 0.29) is 30.6 Å². The van der Waals surface area contributed by atoms with Crippen LogP contribution in [0.2, 0.25) is 0 Å². The lowest BCUT2D eigenvalue weighted by atomic mass is 9.94. The lowest BCUT2D eigenvalue weighted by molar-refractivity contribution is -0.134. The second-order valence-corrected chi connectivity index (χ2v) is 6.24. The van der Waals surface area contributed by atoms with Crippen LogP contribution in [-0.4, -0.2) is 36.0 Å². The molecule has 1 aliphatic rings. The smallest absolute Gasteiger partial charge is 0.370 e. The Morgan fingerprint density at radius 1 is 1.21 bits per heavy atom. The lowest BCUT2D eigenvalue weighted by Crippen LogP contribution is -2.41. The number of likely N-dealkylation sites (tertiary alicyclic amines) is 1. The highest BCUT2D eigenvalue weighted by Crippen LogP contribution is 2.23. The minimum atomic E-state index is -4.18. The molecule has 0 bridgehead atoms. The molecule has 1 heterocycles. The Morgan fingerprint density at radius 2 is 1.88 bits per heavy atom. The van der Waals surface area contributed by atoms with E-state index in [0.717, 1.165) is 12.8 Å². The number of hydrogen-bond donors (Lipinski definition) is 1. The number of carbonyl (C=O) groups is 2. The van der Waals surface area contributed by atoms with Crippen LogP contribution in [0, 0.1) is 5.92 Å². The van der Waals surface area contributed by atoms with Crippen LogP contribution in [0.15, 0.2) is 24.3 Å². The van der Waals surface area contributed by atoms with Gasteiger partial charge in [-0.3, -0.25) is 9.59 Å². The summed E-state index contributed by atoms with van der Waals surface area (Å²) in [5, 5.41) is 0. The van der Waals surface area contributed by atoms with E-state index >= 15 is 0 Å². The quantitative estimate of drug-likeness (QED) is 0.894. The van der Waals surface area contributed by atoms with Gasteiger partial charge in [0.25, 0.3) is 5.91 Å². The summed E-state index contributed by atoms with van der Waals surface area (Å²) < 4.78 is 36.7. The van der Waals surface area contributed by atoms with Crippen molar-refractivity contribution in [3.8, 4) is 0 Å². The Balaban J connectivity index is 1.95. The van der Waals surface area contributed by atoms with E-state index in [9.17, 15) is 22.8 Å². The third-order valence-electron chi connectivity index (χ3n) is 4.19. The lowest BCUT2D eigenvalue weighted by Gasteiger charge is -2.32. The summed E-state index contributed by atoms with van der Waals surface area (Å²) >= 11 is 0. The molecule has 1 aromatic carbocycles. The van der Waals surface area contributed by atoms with Gasteiger partial charge in [-0.15, -0.1) is 0 Å². The predicted octanol–water partition coefficient (Wildman–Crippen LogP) is 2.91. The Kier molecular flexibility index (Phi) is 5.85. The van der Waals surface area contributed by atoms with Crippen molar-refractivity contribution in [1.82, 2.24) is 4.90 Å². The molecule has 0 aliphatic carbocycles. The molecule has 0 spiro atoms. The zero-order chi connectivity index (χ0) is 17.7. The van der Waals surface area contributed by atoms with Gasteiger partial charge in [0.15, 0.2) is 0 Å². The molecular weight excluding hydrogens is 321 g/mol. The number of nitrogens with zero attached hydrogens (tertiary/aromatic N) is 1. The van der Waals surface area contributed by atoms with Crippen molar-refractivity contribution in [3.63, 3.8) is 0 Å². The van der Waals surface area contributed by atoms with E-state index < -0.39 is 12.6 Å². The Hall–Kier alpha value is -2.05. The van der Waals surface area contributed by atoms with Crippen LogP contribution in [0.4, 0.5) is 13.2 Å². The molecule has 0 unspecified atom stereocenters. The molecule has 0 saturated carbocycles. The van der Waals surface area contributed by atoms with Gasteiger partial charge in [0.2, 0.25) is 5.91 Å². The first-order chi connectivity index (χ1) is 11.2. The van der Waals surface area contributed by atoms with Crippen LogP contribution in [0.25, 0.3) is 0 Å². The van der Waals surface area contributed by atoms with Gasteiger partial charge in [0.1, 0.15) is 0 Å². The van der Waals surface area contributed by atoms with Crippen LogP contribution >= 0.6 is 0 Å². The monoisotopic (exact) mass is 342 g/mol. The van der Waals surface area contributed by atoms with Gasteiger partial charge >= 0.3 is 6.18 Å². The van der Waals surface area contributed by atoms with Crippen LogP contribution in [0.5, 0.6) is 0 Å². The summed E-state index contributed by atoms with van der Waals surface area (Å²) in [6.07, 6.45) is -3.21. The van der Waals surface area contributed by atoms with Gasteiger partial charge in [-0.05, 0) is 42.9 Å². The van der Waals surface area contributed by atoms with Crippen molar-refractivity contribution in [2.45, 2.75) is 38.3 Å². The minimum Gasteiger partial charge on any atom is -0.370 e. The summed E-state index contributed by atoms with van der Waals surface area (Å²) in [6, 6.07) is 6.24. The van der Waals surface area contributed by atoms with E-state index in [0.29, 0.717) is 24.2 Å². The number of aryl methyl sites for hydroxylation is 1. The van der Waals surface area contributed by atoms with Crippen molar-refractivity contribution >= 4 is 11.8 Å². The summed E-state index contributed by atoms with van der Waals surface area (Å²) in [7, 11) is 0. The average Bonchev–Trinajstić information content (AvgIpc) is 2.52. The first kappa shape index (κ1) is 18.3. The summed E-state index contributed by atoms with van der Waals surface area (Å²) in [5.74, 6) is -0.457. The molecule has 1 saturated heterocycles. The minimum absolute atomic E-state index is 0.0752. The Morgan fingerprint density at radius 3 is 2.46 bits per heavy atom. The highest BCUT2D eigenvalue weighted by molar-refractivity contribution is 5.94. The molecular formula is C17H21F3N2O2. The number of alkyl halides is 3. The number of rotatable bonds is 5. The van der Waals surface area contributed by atoms with Gasteiger partial charge in [0, 0.05) is 31.5 Å². The topological polar surface area (TPSA) is 63.4 Å². The highest BCUT2D eigenvalue weighted by Gasteiger charge is 2.27. The maximum absolute atomic E-state index is 12.5. The standard InChI is InChI=1S/C17H21F3N2O2/c18-17(19,20)8-7-12-3-5-14(6-4-12)16(24)22-9-1-2-13(11-22)10-15(21)23/h3-6,13H,1-2,7-11H2,(H2,21,23)/t13-/m1/s1. The van der Waals surface area contributed by atoms with Gasteiger partial charge in [-0.1, -0.05) is 12.1 Å². The fourth-order valence-electron chi connectivity index (χ4n) is 2.98. The molecule has 1 aliphatic heterocycles. The van der Waals surface area contributed by atoms with E-state index in [1.165, 1.54) is 0 Å². The van der Waals surface area contributed by atoms with Crippen LogP contribution in [0.3, 0.4) is 0 Å². The summed E-state index contributed by atoms with van der Waals surface area (Å²) in [4.78, 5) is 25.2. The largest absolute Gasteiger partial charge is 0.389 e. The molecule has 1 aromatic rings. The molecule has 24 heavy (non-hydrogen) atoms. The second kappa shape index (κ2) is 7.68. The first-order valence-corrected chi connectivity index (χ1v) is 7.98. The maximum Gasteiger partial charge on any atom is 0.389 e. The molecule has 7 heteroatoms. The van der Waals surface area contributed by atoms with Gasteiger partial charge in [-0.25, -0.2) is 0 Å². The van der Waals surface area contributed by atoms with Gasteiger partial charge < -0.3 is 10.6 Å². The molecule has 1 fully saturated rings. The number of halogens is 3. The number of nitrogens with two attached hydrogens (primary N) is 1. The molecule has 2 N–H and O–H groups in total. The van der Waals surface area contributed by atoms with Crippen molar-refractivity contribution in [3.05, 3.63) is 35.4 Å². The van der Waals surface area contributed by atoms with Crippen molar-refractivity contribution in [1.29, 1.82) is 0 Å². The Bertz CT molecular complexity index is 584. The van der Waals surface area contributed by atoms with Crippen LogP contribution in [-0.2, 0) is 11.2 Å². The normalized spacial score (nSPS) is 18.5. The average molecular weight is 342 g/mol. The summed E-state index contributed by atoms with van der Waals surface area (Å²) in [5.41, 5.74) is 6.21. The highest BCUT2D eigenvalue weighted by atomic mass is 19.4. The predicted molar refractivity (Wildman–Crippen MR) is 83.3 cm³/mol. The van der Waals surface area contributed by atoms with Crippen molar-refractivity contribution in [2.75, 3.05) is 13.1 Å². The van der Waals surface area contributed by atoms with E-state index in [1.54, 1.807) is 29.2 Å². The number of carbonyl (C=O) groups excluding carboxylic acids is 2.